The van der Waals surface area contributed by atoms with E-state index in [1.165, 1.54) is 43.5 Å². The SMILES string of the molecule is COc1cc(O)c(CCC(=O)c2ccc(O)cc2)c(O[C@@H]2O[C@H](CO)[C@@H](O)[C@H](O)[C@H]2O)c1. The number of ether oxygens (including phenoxy) is 3. The number of carbonyl (C=O) groups is 1. The molecule has 5 atom stereocenters. The Bertz CT molecular complexity index is 927. The van der Waals surface area contributed by atoms with Gasteiger partial charge < -0.3 is 44.8 Å². The first-order chi connectivity index (χ1) is 15.2. The summed E-state index contributed by atoms with van der Waals surface area (Å²) in [4.78, 5) is 12.5. The van der Waals surface area contributed by atoms with Crippen LogP contribution in [-0.2, 0) is 11.2 Å². The number of hydrogen-bond acceptors (Lipinski definition) is 10. The minimum atomic E-state index is -1.65. The van der Waals surface area contributed by atoms with Crippen molar-refractivity contribution < 1.29 is 49.6 Å². The van der Waals surface area contributed by atoms with E-state index in [0.717, 1.165) is 0 Å². The first-order valence-corrected chi connectivity index (χ1v) is 9.94. The van der Waals surface area contributed by atoms with E-state index in [2.05, 4.69) is 0 Å². The summed E-state index contributed by atoms with van der Waals surface area (Å²) in [5.74, 6) is -0.161. The molecule has 0 aliphatic carbocycles. The van der Waals surface area contributed by atoms with E-state index in [4.69, 9.17) is 14.2 Å². The molecule has 0 bridgehead atoms. The number of aromatic hydroxyl groups is 2. The molecule has 0 unspecified atom stereocenters. The van der Waals surface area contributed by atoms with E-state index in [-0.39, 0.29) is 47.2 Å². The molecule has 174 valence electrons. The third-order valence-electron chi connectivity index (χ3n) is 5.28. The number of ketones is 1. The van der Waals surface area contributed by atoms with Crippen LogP contribution in [0.15, 0.2) is 36.4 Å². The Morgan fingerprint density at radius 2 is 1.72 bits per heavy atom. The molecule has 0 amide bonds. The summed E-state index contributed by atoms with van der Waals surface area (Å²) < 4.78 is 16.2. The number of hydrogen-bond donors (Lipinski definition) is 6. The lowest BCUT2D eigenvalue weighted by atomic mass is 9.99. The molecule has 0 aromatic heterocycles. The van der Waals surface area contributed by atoms with Gasteiger partial charge >= 0.3 is 0 Å². The summed E-state index contributed by atoms with van der Waals surface area (Å²) in [6.45, 7) is -0.623. The highest BCUT2D eigenvalue weighted by atomic mass is 16.7. The molecule has 32 heavy (non-hydrogen) atoms. The number of phenolic OH excluding ortho intramolecular Hbond substituents is 2. The maximum atomic E-state index is 12.5. The molecule has 2 aromatic carbocycles. The zero-order chi connectivity index (χ0) is 23.4. The highest BCUT2D eigenvalue weighted by molar-refractivity contribution is 5.96. The van der Waals surface area contributed by atoms with Gasteiger partial charge in [0.2, 0.25) is 6.29 Å². The standard InChI is InChI=1S/C22H26O10/c1-30-13-8-16(26)14(6-7-15(25)11-2-4-12(24)5-3-11)17(9-13)31-22-21(29)20(28)19(27)18(10-23)32-22/h2-5,8-9,18-24,26-29H,6-7,10H2,1H3/t18-,19-,20+,21-,22-/m1/s1. The zero-order valence-electron chi connectivity index (χ0n) is 17.3. The second kappa shape index (κ2) is 10.2. The van der Waals surface area contributed by atoms with E-state index in [0.29, 0.717) is 5.56 Å². The number of methoxy groups -OCH3 is 1. The molecule has 3 rings (SSSR count). The van der Waals surface area contributed by atoms with Gasteiger partial charge in [0, 0.05) is 29.7 Å². The van der Waals surface area contributed by atoms with Gasteiger partial charge in [-0.2, -0.15) is 0 Å². The minimum Gasteiger partial charge on any atom is -0.508 e. The van der Waals surface area contributed by atoms with Crippen LogP contribution in [0, 0.1) is 0 Å². The Morgan fingerprint density at radius 3 is 2.34 bits per heavy atom. The quantitative estimate of drug-likeness (QED) is 0.304. The lowest BCUT2D eigenvalue weighted by molar-refractivity contribution is -0.277. The number of carbonyl (C=O) groups excluding carboxylic acids is 1. The molecule has 0 spiro atoms. The molecule has 0 saturated carbocycles. The highest BCUT2D eigenvalue weighted by Gasteiger charge is 2.45. The van der Waals surface area contributed by atoms with E-state index >= 15 is 0 Å². The predicted molar refractivity (Wildman–Crippen MR) is 110 cm³/mol. The number of aliphatic hydroxyl groups is 4. The van der Waals surface area contributed by atoms with Crippen molar-refractivity contribution >= 4 is 5.78 Å². The molecule has 1 saturated heterocycles. The minimum absolute atomic E-state index is 0.00426. The van der Waals surface area contributed by atoms with Crippen LogP contribution >= 0.6 is 0 Å². The van der Waals surface area contributed by atoms with Crippen molar-refractivity contribution in [2.45, 2.75) is 43.5 Å². The largest absolute Gasteiger partial charge is 0.508 e. The molecule has 1 fully saturated rings. The molecule has 2 aromatic rings. The summed E-state index contributed by atoms with van der Waals surface area (Å²) in [5.41, 5.74) is 0.613. The van der Waals surface area contributed by atoms with Gasteiger partial charge in [0.15, 0.2) is 5.78 Å². The van der Waals surface area contributed by atoms with Gasteiger partial charge in [0.25, 0.3) is 0 Å². The summed E-state index contributed by atoms with van der Waals surface area (Å²) in [7, 11) is 1.38. The van der Waals surface area contributed by atoms with Gasteiger partial charge in [-0.05, 0) is 30.7 Å². The Kier molecular flexibility index (Phi) is 7.54. The average Bonchev–Trinajstić information content (AvgIpc) is 2.78. The number of benzene rings is 2. The van der Waals surface area contributed by atoms with Gasteiger partial charge in [0.1, 0.15) is 47.4 Å². The molecular formula is C22H26O10. The van der Waals surface area contributed by atoms with Crippen molar-refractivity contribution in [2.75, 3.05) is 13.7 Å². The average molecular weight is 450 g/mol. The van der Waals surface area contributed by atoms with Crippen molar-refractivity contribution in [3.8, 4) is 23.0 Å². The van der Waals surface area contributed by atoms with E-state index in [1.54, 1.807) is 0 Å². The number of aliphatic hydroxyl groups excluding tert-OH is 4. The first-order valence-electron chi connectivity index (χ1n) is 9.94. The summed E-state index contributed by atoms with van der Waals surface area (Å²) in [6, 6.07) is 8.51. The van der Waals surface area contributed by atoms with Crippen LogP contribution in [0.1, 0.15) is 22.3 Å². The maximum absolute atomic E-state index is 12.5. The molecule has 6 N–H and O–H groups in total. The normalized spacial score (nSPS) is 25.3. The van der Waals surface area contributed by atoms with Crippen LogP contribution in [0.5, 0.6) is 23.0 Å². The maximum Gasteiger partial charge on any atom is 0.229 e. The predicted octanol–water partition coefficient (Wildman–Crippen LogP) is 0.101. The zero-order valence-corrected chi connectivity index (χ0v) is 17.3. The van der Waals surface area contributed by atoms with Crippen LogP contribution in [-0.4, -0.2) is 80.8 Å². The first kappa shape index (κ1) is 23.8. The fraction of sp³-hybridized carbons (Fsp3) is 0.409. The fourth-order valence-electron chi connectivity index (χ4n) is 3.40. The van der Waals surface area contributed by atoms with Crippen LogP contribution in [0.4, 0.5) is 0 Å². The molecule has 10 heteroatoms. The summed E-state index contributed by atoms with van der Waals surface area (Å²) >= 11 is 0. The van der Waals surface area contributed by atoms with Crippen LogP contribution < -0.4 is 9.47 Å². The third kappa shape index (κ3) is 5.12. The van der Waals surface area contributed by atoms with Gasteiger partial charge in [-0.3, -0.25) is 4.79 Å². The third-order valence-corrected chi connectivity index (χ3v) is 5.28. The lowest BCUT2D eigenvalue weighted by Gasteiger charge is -2.39. The lowest BCUT2D eigenvalue weighted by Crippen LogP contribution is -2.60. The summed E-state index contributed by atoms with van der Waals surface area (Å²) in [5, 5.41) is 59.4. The van der Waals surface area contributed by atoms with Crippen molar-refractivity contribution in [3.05, 3.63) is 47.5 Å². The molecule has 1 aliphatic rings. The van der Waals surface area contributed by atoms with Gasteiger partial charge in [-0.1, -0.05) is 0 Å². The van der Waals surface area contributed by atoms with E-state index < -0.39 is 37.3 Å². The topological polar surface area (TPSA) is 166 Å². The second-order valence-corrected chi connectivity index (χ2v) is 7.41. The molecule has 1 heterocycles. The Morgan fingerprint density at radius 1 is 1.03 bits per heavy atom. The number of rotatable bonds is 8. The monoisotopic (exact) mass is 450 g/mol. The molecule has 1 aliphatic heterocycles. The second-order valence-electron chi connectivity index (χ2n) is 7.41. The van der Waals surface area contributed by atoms with Gasteiger partial charge in [-0.25, -0.2) is 0 Å². The number of Topliss-reactive ketones (excluding diaryl/α,β-unsaturated/α-hetero) is 1. The fourth-order valence-corrected chi connectivity index (χ4v) is 3.40. The van der Waals surface area contributed by atoms with Crippen LogP contribution in [0.25, 0.3) is 0 Å². The van der Waals surface area contributed by atoms with Crippen LogP contribution in [0.3, 0.4) is 0 Å². The molecule has 10 nitrogen and oxygen atoms in total. The van der Waals surface area contributed by atoms with Crippen molar-refractivity contribution in [1.82, 2.24) is 0 Å². The van der Waals surface area contributed by atoms with E-state index in [9.17, 15) is 35.4 Å². The summed E-state index contributed by atoms with van der Waals surface area (Å²) in [6.07, 6.45) is -7.41. The van der Waals surface area contributed by atoms with Crippen molar-refractivity contribution in [2.24, 2.45) is 0 Å². The molecular weight excluding hydrogens is 424 g/mol. The van der Waals surface area contributed by atoms with Crippen molar-refractivity contribution in [3.63, 3.8) is 0 Å². The van der Waals surface area contributed by atoms with Gasteiger partial charge in [0.05, 0.1) is 13.7 Å². The van der Waals surface area contributed by atoms with E-state index in [1.807, 2.05) is 0 Å². The van der Waals surface area contributed by atoms with Crippen molar-refractivity contribution in [1.29, 1.82) is 0 Å². The van der Waals surface area contributed by atoms with Crippen LogP contribution in [0.2, 0.25) is 0 Å². The molecule has 0 radical (unpaired) electrons. The highest BCUT2D eigenvalue weighted by Crippen LogP contribution is 2.36. The number of phenols is 2. The smallest absolute Gasteiger partial charge is 0.229 e. The van der Waals surface area contributed by atoms with Gasteiger partial charge in [-0.15, -0.1) is 0 Å². The Hall–Kier alpha value is -2.89. The Balaban J connectivity index is 1.82. The Labute approximate surface area is 183 Å².